The van der Waals surface area contributed by atoms with Crippen molar-refractivity contribution in [3.05, 3.63) is 40.0 Å². The van der Waals surface area contributed by atoms with Crippen LogP contribution >= 0.6 is 11.8 Å². The fourth-order valence-corrected chi connectivity index (χ4v) is 2.53. The van der Waals surface area contributed by atoms with E-state index in [2.05, 4.69) is 16.7 Å². The molecule has 0 atom stereocenters. The first-order valence-electron chi connectivity index (χ1n) is 5.55. The number of aromatic nitrogens is 1. The summed E-state index contributed by atoms with van der Waals surface area (Å²) in [6.45, 7) is 3.94. The number of nitrogens with one attached hydrogen (secondary N) is 1. The molecular formula is C13H14N2O3S. The van der Waals surface area contributed by atoms with Crippen molar-refractivity contribution >= 4 is 34.5 Å². The van der Waals surface area contributed by atoms with Crippen molar-refractivity contribution in [3.8, 4) is 0 Å². The van der Waals surface area contributed by atoms with Gasteiger partial charge in [0.25, 0.3) is 0 Å². The summed E-state index contributed by atoms with van der Waals surface area (Å²) in [5.74, 6) is -0.458. The molecule has 0 saturated carbocycles. The van der Waals surface area contributed by atoms with Crippen molar-refractivity contribution in [2.45, 2.75) is 0 Å². The Kier molecular flexibility index (Phi) is 4.24. The summed E-state index contributed by atoms with van der Waals surface area (Å²) < 4.78 is 10.2. The molecule has 2 aromatic rings. The van der Waals surface area contributed by atoms with E-state index in [9.17, 15) is 4.79 Å². The number of nitrogens with zero attached hydrogens (tertiary/aromatic N) is 1. The molecule has 100 valence electrons. The number of hydrogen-bond donors (Lipinski definition) is 1. The Morgan fingerprint density at radius 3 is 3.00 bits per heavy atom. The largest absolute Gasteiger partial charge is 0.417 e. The molecule has 0 radical (unpaired) electrons. The maximum atomic E-state index is 11.1. The van der Waals surface area contributed by atoms with Gasteiger partial charge in [0.1, 0.15) is 0 Å². The molecule has 5 nitrogen and oxygen atoms in total. The fraction of sp³-hybridized carbons (Fsp3) is 0.231. The van der Waals surface area contributed by atoms with Crippen LogP contribution in [0, 0.1) is 0 Å². The van der Waals surface area contributed by atoms with Crippen molar-refractivity contribution in [2.24, 2.45) is 4.99 Å². The summed E-state index contributed by atoms with van der Waals surface area (Å²) in [5.41, 5.74) is 2.87. The van der Waals surface area contributed by atoms with Gasteiger partial charge in [-0.1, -0.05) is 6.07 Å². The van der Waals surface area contributed by atoms with E-state index in [1.54, 1.807) is 31.0 Å². The van der Waals surface area contributed by atoms with E-state index in [0.717, 1.165) is 16.2 Å². The Labute approximate surface area is 114 Å². The predicted molar refractivity (Wildman–Crippen MR) is 78.7 cm³/mol. The number of H-pyrrole nitrogens is 1. The number of oxazole rings is 1. The molecule has 2 rings (SSSR count). The third kappa shape index (κ3) is 2.80. The van der Waals surface area contributed by atoms with Crippen LogP contribution in [0.2, 0.25) is 0 Å². The van der Waals surface area contributed by atoms with Crippen molar-refractivity contribution in [2.75, 3.05) is 20.0 Å². The van der Waals surface area contributed by atoms with Crippen LogP contribution in [0.15, 0.2) is 38.1 Å². The van der Waals surface area contributed by atoms with E-state index in [4.69, 9.17) is 9.15 Å². The number of aliphatic imine (C=N–C) groups is 1. The molecule has 0 aliphatic heterocycles. The average Bonchev–Trinajstić information content (AvgIpc) is 2.77. The van der Waals surface area contributed by atoms with Crippen LogP contribution in [0.3, 0.4) is 0 Å². The third-order valence-corrected chi connectivity index (χ3v) is 3.50. The zero-order valence-corrected chi connectivity index (χ0v) is 11.5. The Hall–Kier alpha value is -1.79. The first-order chi connectivity index (χ1) is 9.19. The van der Waals surface area contributed by atoms with Gasteiger partial charge in [-0.15, -0.1) is 11.8 Å². The second-order valence-corrected chi connectivity index (χ2v) is 4.61. The van der Waals surface area contributed by atoms with Gasteiger partial charge in [-0.2, -0.15) is 0 Å². The van der Waals surface area contributed by atoms with Crippen LogP contribution in [0.4, 0.5) is 0 Å². The van der Waals surface area contributed by atoms with E-state index >= 15 is 0 Å². The normalized spacial score (nSPS) is 12.5. The summed E-state index contributed by atoms with van der Waals surface area (Å²) in [7, 11) is 1.61. The molecule has 1 aromatic carbocycles. The number of aromatic amines is 1. The molecule has 0 unspecified atom stereocenters. The van der Waals surface area contributed by atoms with Gasteiger partial charge in [0.2, 0.25) is 0 Å². The molecular weight excluding hydrogens is 264 g/mol. The summed E-state index contributed by atoms with van der Waals surface area (Å²) in [6, 6.07) is 5.51. The lowest BCUT2D eigenvalue weighted by Gasteiger charge is -2.09. The SMILES string of the molecule is C=N/C(COC)=C(\SC)c1ccc2[nH]c(=O)oc2c1. The quantitative estimate of drug-likeness (QED) is 0.853. The minimum Gasteiger partial charge on any atom is -0.408 e. The molecule has 0 aliphatic rings. The Morgan fingerprint density at radius 1 is 1.58 bits per heavy atom. The Bertz CT molecular complexity index is 684. The van der Waals surface area contributed by atoms with Crippen LogP contribution in [0.1, 0.15) is 5.56 Å². The number of fused-ring (bicyclic) bond motifs is 1. The first-order valence-corrected chi connectivity index (χ1v) is 6.78. The summed E-state index contributed by atoms with van der Waals surface area (Å²) in [4.78, 5) is 18.7. The summed E-state index contributed by atoms with van der Waals surface area (Å²) in [5, 5.41) is 0. The highest BCUT2D eigenvalue weighted by Crippen LogP contribution is 2.31. The molecule has 19 heavy (non-hydrogen) atoms. The van der Waals surface area contributed by atoms with Crippen LogP contribution in [-0.2, 0) is 4.74 Å². The van der Waals surface area contributed by atoms with Gasteiger partial charge in [0.05, 0.1) is 17.8 Å². The van der Waals surface area contributed by atoms with Crippen LogP contribution in [0.5, 0.6) is 0 Å². The van der Waals surface area contributed by atoms with E-state index < -0.39 is 5.76 Å². The van der Waals surface area contributed by atoms with E-state index in [1.807, 2.05) is 12.3 Å². The highest BCUT2D eigenvalue weighted by molar-refractivity contribution is 8.07. The van der Waals surface area contributed by atoms with Gasteiger partial charge < -0.3 is 9.15 Å². The zero-order valence-electron chi connectivity index (χ0n) is 10.7. The second-order valence-electron chi connectivity index (χ2n) is 3.80. The highest BCUT2D eigenvalue weighted by Gasteiger charge is 2.10. The van der Waals surface area contributed by atoms with Crippen molar-refractivity contribution in [1.82, 2.24) is 4.98 Å². The zero-order chi connectivity index (χ0) is 13.8. The predicted octanol–water partition coefficient (Wildman–Crippen LogP) is 2.50. The van der Waals surface area contributed by atoms with Gasteiger partial charge in [-0.05, 0) is 30.7 Å². The van der Waals surface area contributed by atoms with Gasteiger partial charge >= 0.3 is 5.76 Å². The molecule has 0 amide bonds. The molecule has 0 bridgehead atoms. The smallest absolute Gasteiger partial charge is 0.408 e. The lowest BCUT2D eigenvalue weighted by Crippen LogP contribution is -1.95. The van der Waals surface area contributed by atoms with E-state index in [-0.39, 0.29) is 0 Å². The van der Waals surface area contributed by atoms with Crippen LogP contribution in [-0.4, -0.2) is 31.7 Å². The first kappa shape index (κ1) is 13.6. The number of benzene rings is 1. The van der Waals surface area contributed by atoms with Gasteiger partial charge in [-0.3, -0.25) is 9.98 Å². The summed E-state index contributed by atoms with van der Waals surface area (Å²) >= 11 is 1.55. The van der Waals surface area contributed by atoms with E-state index in [1.165, 1.54) is 0 Å². The van der Waals surface area contributed by atoms with E-state index in [0.29, 0.717) is 17.7 Å². The average molecular weight is 278 g/mol. The van der Waals surface area contributed by atoms with Crippen LogP contribution in [0.25, 0.3) is 16.0 Å². The molecule has 6 heteroatoms. The maximum absolute atomic E-state index is 11.1. The topological polar surface area (TPSA) is 67.6 Å². The highest BCUT2D eigenvalue weighted by atomic mass is 32.2. The molecule has 0 aliphatic carbocycles. The van der Waals surface area contributed by atoms with Gasteiger partial charge in [-0.25, -0.2) is 4.79 Å². The molecule has 0 saturated heterocycles. The van der Waals surface area contributed by atoms with Gasteiger partial charge in [0.15, 0.2) is 5.58 Å². The fourth-order valence-electron chi connectivity index (χ4n) is 1.81. The second kappa shape index (κ2) is 5.90. The Morgan fingerprint density at radius 2 is 2.37 bits per heavy atom. The molecule has 0 spiro atoms. The van der Waals surface area contributed by atoms with Crippen LogP contribution < -0.4 is 5.76 Å². The van der Waals surface area contributed by atoms with Crippen molar-refractivity contribution in [1.29, 1.82) is 0 Å². The molecule has 1 heterocycles. The molecule has 0 fully saturated rings. The minimum atomic E-state index is -0.458. The monoisotopic (exact) mass is 278 g/mol. The van der Waals surface area contributed by atoms with Crippen molar-refractivity contribution in [3.63, 3.8) is 0 Å². The standard InChI is InChI=1S/C13H14N2O3S/c1-14-10(7-17-2)12(19-3)8-4-5-9-11(6-8)18-13(16)15-9/h4-6H,1,7H2,2-3H3,(H,15,16)/b12-10-. The lowest BCUT2D eigenvalue weighted by molar-refractivity contribution is 0.225. The van der Waals surface area contributed by atoms with Gasteiger partial charge in [0, 0.05) is 12.0 Å². The maximum Gasteiger partial charge on any atom is 0.417 e. The third-order valence-electron chi connectivity index (χ3n) is 2.62. The molecule has 1 aromatic heterocycles. The minimum absolute atomic E-state index is 0.384. The number of rotatable bonds is 5. The van der Waals surface area contributed by atoms with Crippen molar-refractivity contribution < 1.29 is 9.15 Å². The summed E-state index contributed by atoms with van der Waals surface area (Å²) in [6.07, 6.45) is 1.95. The Balaban J connectivity index is 2.56. The molecule has 1 N–H and O–H groups in total. The number of methoxy groups -OCH3 is 1. The lowest BCUT2D eigenvalue weighted by atomic mass is 10.1. The number of thioether (sulfide) groups is 1. The number of ether oxygens (including phenoxy) is 1. The number of hydrogen-bond acceptors (Lipinski definition) is 5.